The Morgan fingerprint density at radius 1 is 1.03 bits per heavy atom. The number of hydrogen-bond acceptors (Lipinski definition) is 4. The fraction of sp³-hybridized carbons (Fsp3) is 0.292. The van der Waals surface area contributed by atoms with Crippen molar-refractivity contribution in [3.05, 3.63) is 64.2 Å². The molecular weight excluding hydrogens is 416 g/mol. The first-order valence-corrected chi connectivity index (χ1v) is 10.7. The number of nitrogens with zero attached hydrogens (tertiary/aromatic N) is 1. The number of unbranched alkanes of at least 4 members (excludes halogenated alkanes) is 3. The minimum Gasteiger partial charge on any atom is -0.494 e. The van der Waals surface area contributed by atoms with Gasteiger partial charge < -0.3 is 4.74 Å². The molecule has 162 valence electrons. The van der Waals surface area contributed by atoms with Gasteiger partial charge in [0, 0.05) is 5.02 Å². The Balaban J connectivity index is 1.78. The molecule has 1 aliphatic heterocycles. The quantitative estimate of drug-likeness (QED) is 0.344. The van der Waals surface area contributed by atoms with Crippen molar-refractivity contribution in [3.8, 4) is 5.75 Å². The molecular formula is C24H25ClN2O4. The van der Waals surface area contributed by atoms with E-state index in [0.717, 1.165) is 23.5 Å². The molecule has 4 amide bonds. The van der Waals surface area contributed by atoms with Gasteiger partial charge >= 0.3 is 6.03 Å². The average molecular weight is 441 g/mol. The lowest BCUT2D eigenvalue weighted by Crippen LogP contribution is -2.54. The molecule has 0 atom stereocenters. The van der Waals surface area contributed by atoms with Crippen molar-refractivity contribution in [3.63, 3.8) is 0 Å². The van der Waals surface area contributed by atoms with E-state index in [1.807, 2.05) is 0 Å². The minimum atomic E-state index is -0.802. The lowest BCUT2D eigenvalue weighted by Gasteiger charge is -2.27. The molecule has 1 fully saturated rings. The van der Waals surface area contributed by atoms with Crippen LogP contribution in [0.25, 0.3) is 6.08 Å². The Hall–Kier alpha value is -3.12. The fourth-order valence-electron chi connectivity index (χ4n) is 3.25. The fourth-order valence-corrected chi connectivity index (χ4v) is 3.41. The Kier molecular flexibility index (Phi) is 7.47. The number of imide groups is 2. The molecule has 0 spiro atoms. The third-order valence-electron chi connectivity index (χ3n) is 4.97. The molecule has 3 rings (SSSR count). The summed E-state index contributed by atoms with van der Waals surface area (Å²) in [6.45, 7) is 4.57. The highest BCUT2D eigenvalue weighted by atomic mass is 35.5. The summed E-state index contributed by atoms with van der Waals surface area (Å²) in [6, 6.07) is 11.2. The van der Waals surface area contributed by atoms with Crippen molar-refractivity contribution in [1.82, 2.24) is 5.32 Å². The van der Waals surface area contributed by atoms with Gasteiger partial charge in [-0.15, -0.1) is 0 Å². The van der Waals surface area contributed by atoms with Crippen molar-refractivity contribution in [2.45, 2.75) is 39.5 Å². The van der Waals surface area contributed by atoms with Crippen LogP contribution < -0.4 is 15.0 Å². The van der Waals surface area contributed by atoms with E-state index >= 15 is 0 Å². The molecule has 0 bridgehead atoms. The molecule has 7 heteroatoms. The van der Waals surface area contributed by atoms with Crippen LogP contribution in [-0.4, -0.2) is 24.5 Å². The Bertz CT molecular complexity index is 1010. The largest absolute Gasteiger partial charge is 0.494 e. The van der Waals surface area contributed by atoms with Gasteiger partial charge in [-0.25, -0.2) is 9.69 Å². The number of nitrogens with one attached hydrogen (secondary N) is 1. The van der Waals surface area contributed by atoms with Gasteiger partial charge in [0.05, 0.1) is 12.3 Å². The van der Waals surface area contributed by atoms with Gasteiger partial charge in [-0.2, -0.15) is 0 Å². The van der Waals surface area contributed by atoms with Crippen molar-refractivity contribution in [2.75, 3.05) is 11.5 Å². The highest BCUT2D eigenvalue weighted by molar-refractivity contribution is 6.39. The summed E-state index contributed by atoms with van der Waals surface area (Å²) in [5.74, 6) is -0.707. The summed E-state index contributed by atoms with van der Waals surface area (Å²) >= 11 is 6.04. The van der Waals surface area contributed by atoms with Gasteiger partial charge in [-0.1, -0.05) is 56.0 Å². The van der Waals surface area contributed by atoms with E-state index in [1.54, 1.807) is 43.3 Å². The molecule has 1 aliphatic rings. The predicted molar refractivity (Wildman–Crippen MR) is 121 cm³/mol. The lowest BCUT2D eigenvalue weighted by molar-refractivity contribution is -0.122. The molecule has 0 saturated carbocycles. The molecule has 1 N–H and O–H groups in total. The summed E-state index contributed by atoms with van der Waals surface area (Å²) in [4.78, 5) is 38.7. The highest BCUT2D eigenvalue weighted by Gasteiger charge is 2.37. The molecule has 2 aromatic rings. The smallest absolute Gasteiger partial charge is 0.335 e. The van der Waals surface area contributed by atoms with E-state index in [2.05, 4.69) is 12.2 Å². The number of ether oxygens (including phenoxy) is 1. The van der Waals surface area contributed by atoms with E-state index in [4.69, 9.17) is 16.3 Å². The first-order chi connectivity index (χ1) is 14.9. The molecule has 1 saturated heterocycles. The number of halogens is 1. The maximum atomic E-state index is 13.0. The zero-order valence-electron chi connectivity index (χ0n) is 17.6. The number of anilines is 1. The first-order valence-electron chi connectivity index (χ1n) is 10.3. The molecule has 31 heavy (non-hydrogen) atoms. The molecule has 0 aromatic heterocycles. The average Bonchev–Trinajstić information content (AvgIpc) is 2.74. The standard InChI is InChI=1S/C24H25ClN2O4/c1-3-4-5-6-13-31-19-11-8-17(9-12-19)14-20-22(28)26-24(30)27(23(20)29)21-15-18(25)10-7-16(21)2/h7-12,14-15H,3-6,13H2,1-2H3,(H,26,28,30). The third kappa shape index (κ3) is 5.52. The maximum Gasteiger partial charge on any atom is 0.335 e. The summed E-state index contributed by atoms with van der Waals surface area (Å²) in [5, 5.41) is 2.61. The zero-order valence-corrected chi connectivity index (χ0v) is 18.4. The number of aryl methyl sites for hydroxylation is 1. The van der Waals surface area contributed by atoms with Crippen LogP contribution in [0.4, 0.5) is 10.5 Å². The van der Waals surface area contributed by atoms with Crippen molar-refractivity contribution in [1.29, 1.82) is 0 Å². The lowest BCUT2D eigenvalue weighted by atomic mass is 10.1. The van der Waals surface area contributed by atoms with Crippen LogP contribution in [-0.2, 0) is 9.59 Å². The Morgan fingerprint density at radius 2 is 1.77 bits per heavy atom. The number of carbonyl (C=O) groups excluding carboxylic acids is 3. The summed E-state index contributed by atoms with van der Waals surface area (Å²) < 4.78 is 5.72. The molecule has 1 heterocycles. The van der Waals surface area contributed by atoms with Gasteiger partial charge in [-0.3, -0.25) is 14.9 Å². The van der Waals surface area contributed by atoms with Crippen LogP contribution in [0, 0.1) is 6.92 Å². The maximum absolute atomic E-state index is 13.0. The monoisotopic (exact) mass is 440 g/mol. The first kappa shape index (κ1) is 22.6. The number of rotatable bonds is 8. The van der Waals surface area contributed by atoms with Crippen LogP contribution in [0.15, 0.2) is 48.0 Å². The van der Waals surface area contributed by atoms with Crippen LogP contribution in [0.1, 0.15) is 43.7 Å². The third-order valence-corrected chi connectivity index (χ3v) is 5.21. The van der Waals surface area contributed by atoms with Crippen LogP contribution in [0.2, 0.25) is 5.02 Å². The zero-order chi connectivity index (χ0) is 22.4. The number of amides is 4. The van der Waals surface area contributed by atoms with Gasteiger partial charge in [0.2, 0.25) is 0 Å². The molecule has 0 unspecified atom stereocenters. The van der Waals surface area contributed by atoms with E-state index in [9.17, 15) is 14.4 Å². The van der Waals surface area contributed by atoms with Crippen LogP contribution >= 0.6 is 11.6 Å². The highest BCUT2D eigenvalue weighted by Crippen LogP contribution is 2.28. The van der Waals surface area contributed by atoms with Crippen LogP contribution in [0.3, 0.4) is 0 Å². The molecule has 6 nitrogen and oxygen atoms in total. The minimum absolute atomic E-state index is 0.132. The topological polar surface area (TPSA) is 75.7 Å². The van der Waals surface area contributed by atoms with Crippen molar-refractivity contribution in [2.24, 2.45) is 0 Å². The molecule has 0 radical (unpaired) electrons. The summed E-state index contributed by atoms with van der Waals surface area (Å²) in [5.41, 5.74) is 1.53. The van der Waals surface area contributed by atoms with Gasteiger partial charge in [0.1, 0.15) is 11.3 Å². The number of benzene rings is 2. The SMILES string of the molecule is CCCCCCOc1ccc(C=C2C(=O)NC(=O)N(c3cc(Cl)ccc3C)C2=O)cc1. The van der Waals surface area contributed by atoms with E-state index < -0.39 is 17.8 Å². The van der Waals surface area contributed by atoms with Crippen molar-refractivity contribution >= 4 is 41.2 Å². The summed E-state index contributed by atoms with van der Waals surface area (Å²) in [7, 11) is 0. The normalized spacial score (nSPS) is 15.4. The number of urea groups is 1. The number of carbonyl (C=O) groups is 3. The second-order valence-corrected chi connectivity index (χ2v) is 7.80. The molecule has 0 aliphatic carbocycles. The number of barbiturate groups is 1. The Labute approximate surface area is 186 Å². The van der Waals surface area contributed by atoms with Gasteiger partial charge in [-0.05, 0) is 54.8 Å². The van der Waals surface area contributed by atoms with Crippen molar-refractivity contribution < 1.29 is 19.1 Å². The van der Waals surface area contributed by atoms with E-state index in [0.29, 0.717) is 28.4 Å². The van der Waals surface area contributed by atoms with E-state index in [-0.39, 0.29) is 5.57 Å². The van der Waals surface area contributed by atoms with E-state index in [1.165, 1.54) is 25.0 Å². The van der Waals surface area contributed by atoms with Gasteiger partial charge in [0.25, 0.3) is 11.8 Å². The van der Waals surface area contributed by atoms with Crippen LogP contribution in [0.5, 0.6) is 5.75 Å². The van der Waals surface area contributed by atoms with Gasteiger partial charge in [0.15, 0.2) is 0 Å². The second kappa shape index (κ2) is 10.3. The Morgan fingerprint density at radius 3 is 2.48 bits per heavy atom. The number of hydrogen-bond donors (Lipinski definition) is 1. The second-order valence-electron chi connectivity index (χ2n) is 7.37. The predicted octanol–water partition coefficient (Wildman–Crippen LogP) is 5.27. The summed E-state index contributed by atoms with van der Waals surface area (Å²) in [6.07, 6.45) is 5.97. The molecule has 2 aromatic carbocycles.